The molecule has 1 fully saturated rings. The Hall–Kier alpha value is 0.210. The molecular formula is C13H26ClNO. The minimum Gasteiger partial charge on any atom is -0.380 e. The van der Waals surface area contributed by atoms with Crippen LogP contribution in [0.15, 0.2) is 0 Å². The van der Waals surface area contributed by atoms with E-state index in [1.165, 1.54) is 25.7 Å². The van der Waals surface area contributed by atoms with Crippen molar-refractivity contribution in [2.24, 2.45) is 5.92 Å². The maximum Gasteiger partial charge on any atom is 0.0591 e. The molecular weight excluding hydrogens is 222 g/mol. The first kappa shape index (κ1) is 14.3. The molecule has 0 aromatic carbocycles. The summed E-state index contributed by atoms with van der Waals surface area (Å²) in [6.07, 6.45) is 6.18. The molecule has 3 heteroatoms. The molecule has 1 aliphatic rings. The highest BCUT2D eigenvalue weighted by atomic mass is 35.5. The van der Waals surface area contributed by atoms with Crippen molar-refractivity contribution in [3.63, 3.8) is 0 Å². The van der Waals surface area contributed by atoms with Gasteiger partial charge in [0.05, 0.1) is 6.61 Å². The lowest BCUT2D eigenvalue weighted by Gasteiger charge is -2.39. The molecule has 0 aromatic heterocycles. The standard InChI is InChI=1S/C13H26ClNO/c1-3-8-16-9-7-15-13(11-14)6-4-5-12(2)10-13/h12,15H,3-11H2,1-2H3. The smallest absolute Gasteiger partial charge is 0.0591 e. The Morgan fingerprint density at radius 2 is 2.25 bits per heavy atom. The second-order valence-electron chi connectivity index (χ2n) is 5.15. The first-order valence-corrected chi connectivity index (χ1v) is 7.14. The lowest BCUT2D eigenvalue weighted by atomic mass is 9.77. The first-order chi connectivity index (χ1) is 7.72. The average molecular weight is 248 g/mol. The quantitative estimate of drug-likeness (QED) is 0.551. The highest BCUT2D eigenvalue weighted by Crippen LogP contribution is 2.32. The van der Waals surface area contributed by atoms with Crippen molar-refractivity contribution in [3.05, 3.63) is 0 Å². The molecule has 0 bridgehead atoms. The van der Waals surface area contributed by atoms with Crippen molar-refractivity contribution < 1.29 is 4.74 Å². The van der Waals surface area contributed by atoms with Gasteiger partial charge in [0.1, 0.15) is 0 Å². The monoisotopic (exact) mass is 247 g/mol. The van der Waals surface area contributed by atoms with Gasteiger partial charge >= 0.3 is 0 Å². The largest absolute Gasteiger partial charge is 0.380 e. The third-order valence-corrected chi connectivity index (χ3v) is 3.95. The van der Waals surface area contributed by atoms with Crippen LogP contribution in [0.25, 0.3) is 0 Å². The molecule has 2 atom stereocenters. The molecule has 0 aliphatic heterocycles. The molecule has 0 spiro atoms. The van der Waals surface area contributed by atoms with Crippen molar-refractivity contribution in [1.29, 1.82) is 0 Å². The van der Waals surface area contributed by atoms with Gasteiger partial charge in [0.15, 0.2) is 0 Å². The number of hydrogen-bond donors (Lipinski definition) is 1. The van der Waals surface area contributed by atoms with Crippen LogP contribution in [0.5, 0.6) is 0 Å². The van der Waals surface area contributed by atoms with Gasteiger partial charge < -0.3 is 10.1 Å². The Kier molecular flexibility index (Phi) is 6.71. The van der Waals surface area contributed by atoms with Gasteiger partial charge in [-0.1, -0.05) is 26.7 Å². The van der Waals surface area contributed by atoms with E-state index in [-0.39, 0.29) is 5.54 Å². The number of halogens is 1. The highest BCUT2D eigenvalue weighted by Gasteiger charge is 2.33. The third-order valence-electron chi connectivity index (χ3n) is 3.44. The summed E-state index contributed by atoms with van der Waals surface area (Å²) < 4.78 is 5.48. The van der Waals surface area contributed by atoms with E-state index < -0.39 is 0 Å². The Labute approximate surface area is 105 Å². The van der Waals surface area contributed by atoms with Crippen molar-refractivity contribution >= 4 is 11.6 Å². The fourth-order valence-electron chi connectivity index (χ4n) is 2.62. The van der Waals surface area contributed by atoms with Crippen molar-refractivity contribution in [2.45, 2.75) is 51.5 Å². The fraction of sp³-hybridized carbons (Fsp3) is 1.00. The van der Waals surface area contributed by atoms with Crippen molar-refractivity contribution in [2.75, 3.05) is 25.6 Å². The van der Waals surface area contributed by atoms with Gasteiger partial charge in [-0.05, 0) is 25.2 Å². The van der Waals surface area contributed by atoms with E-state index in [0.717, 1.165) is 38.0 Å². The summed E-state index contributed by atoms with van der Waals surface area (Å²) in [5.41, 5.74) is 0.175. The molecule has 1 N–H and O–H groups in total. The van der Waals surface area contributed by atoms with Crippen LogP contribution in [0.4, 0.5) is 0 Å². The summed E-state index contributed by atoms with van der Waals surface area (Å²) in [5.74, 6) is 1.53. The fourth-order valence-corrected chi connectivity index (χ4v) is 2.96. The van der Waals surface area contributed by atoms with E-state index >= 15 is 0 Å². The molecule has 2 nitrogen and oxygen atoms in total. The van der Waals surface area contributed by atoms with Crippen LogP contribution in [-0.2, 0) is 4.74 Å². The molecule has 0 radical (unpaired) electrons. The van der Waals surface area contributed by atoms with Gasteiger partial charge in [0.25, 0.3) is 0 Å². The highest BCUT2D eigenvalue weighted by molar-refractivity contribution is 6.18. The van der Waals surface area contributed by atoms with Gasteiger partial charge in [-0.15, -0.1) is 11.6 Å². The molecule has 1 rings (SSSR count). The Bertz CT molecular complexity index is 189. The molecule has 0 saturated heterocycles. The SMILES string of the molecule is CCCOCCNC1(CCl)CCCC(C)C1. The van der Waals surface area contributed by atoms with E-state index in [4.69, 9.17) is 16.3 Å². The summed E-state index contributed by atoms with van der Waals surface area (Å²) in [6.45, 7) is 7.07. The van der Waals surface area contributed by atoms with E-state index in [2.05, 4.69) is 19.2 Å². The molecule has 2 unspecified atom stereocenters. The van der Waals surface area contributed by atoms with E-state index in [0.29, 0.717) is 0 Å². The van der Waals surface area contributed by atoms with Gasteiger partial charge in [-0.3, -0.25) is 0 Å². The molecule has 1 aliphatic carbocycles. The predicted octanol–water partition coefficient (Wildman–Crippen LogP) is 3.19. The van der Waals surface area contributed by atoms with E-state index in [9.17, 15) is 0 Å². The molecule has 0 amide bonds. The number of nitrogens with one attached hydrogen (secondary N) is 1. The van der Waals surface area contributed by atoms with Crippen LogP contribution < -0.4 is 5.32 Å². The average Bonchev–Trinajstić information content (AvgIpc) is 2.29. The maximum atomic E-state index is 6.14. The normalized spacial score (nSPS) is 30.6. The van der Waals surface area contributed by atoms with Gasteiger partial charge in [0, 0.05) is 24.6 Å². The van der Waals surface area contributed by atoms with E-state index in [1.807, 2.05) is 0 Å². The number of ether oxygens (including phenoxy) is 1. The summed E-state index contributed by atoms with van der Waals surface area (Å²) in [5, 5.41) is 3.62. The van der Waals surface area contributed by atoms with Crippen LogP contribution in [0.3, 0.4) is 0 Å². The summed E-state index contributed by atoms with van der Waals surface area (Å²) in [7, 11) is 0. The first-order valence-electron chi connectivity index (χ1n) is 6.61. The zero-order valence-corrected chi connectivity index (χ0v) is 11.5. The van der Waals surface area contributed by atoms with Crippen LogP contribution in [-0.4, -0.2) is 31.2 Å². The Morgan fingerprint density at radius 1 is 1.44 bits per heavy atom. The third kappa shape index (κ3) is 4.60. The lowest BCUT2D eigenvalue weighted by molar-refractivity contribution is 0.120. The molecule has 96 valence electrons. The van der Waals surface area contributed by atoms with Crippen LogP contribution in [0.1, 0.15) is 46.0 Å². The minimum atomic E-state index is 0.175. The summed E-state index contributed by atoms with van der Waals surface area (Å²) >= 11 is 6.14. The van der Waals surface area contributed by atoms with Gasteiger partial charge in [0.2, 0.25) is 0 Å². The molecule has 0 aromatic rings. The summed E-state index contributed by atoms with van der Waals surface area (Å²) in [6, 6.07) is 0. The van der Waals surface area contributed by atoms with Crippen LogP contribution in [0, 0.1) is 5.92 Å². The summed E-state index contributed by atoms with van der Waals surface area (Å²) in [4.78, 5) is 0. The minimum absolute atomic E-state index is 0.175. The number of hydrogen-bond acceptors (Lipinski definition) is 2. The molecule has 1 saturated carbocycles. The van der Waals surface area contributed by atoms with Crippen molar-refractivity contribution in [1.82, 2.24) is 5.32 Å². The topological polar surface area (TPSA) is 21.3 Å². The maximum absolute atomic E-state index is 6.14. The molecule has 16 heavy (non-hydrogen) atoms. The second kappa shape index (κ2) is 7.52. The second-order valence-corrected chi connectivity index (χ2v) is 5.42. The zero-order valence-electron chi connectivity index (χ0n) is 10.7. The zero-order chi connectivity index (χ0) is 11.9. The number of alkyl halides is 1. The van der Waals surface area contributed by atoms with E-state index in [1.54, 1.807) is 0 Å². The van der Waals surface area contributed by atoms with Gasteiger partial charge in [-0.25, -0.2) is 0 Å². The number of rotatable bonds is 7. The van der Waals surface area contributed by atoms with Gasteiger partial charge in [-0.2, -0.15) is 0 Å². The van der Waals surface area contributed by atoms with Crippen molar-refractivity contribution in [3.8, 4) is 0 Å². The Morgan fingerprint density at radius 3 is 2.88 bits per heavy atom. The van der Waals surface area contributed by atoms with Crippen LogP contribution >= 0.6 is 11.6 Å². The Balaban J connectivity index is 2.24. The molecule has 0 heterocycles. The lowest BCUT2D eigenvalue weighted by Crippen LogP contribution is -2.51. The van der Waals surface area contributed by atoms with Crippen LogP contribution in [0.2, 0.25) is 0 Å². The predicted molar refractivity (Wildman–Crippen MR) is 70.2 cm³/mol.